The Bertz CT molecular complexity index is 989. The maximum atomic E-state index is 12.6. The van der Waals surface area contributed by atoms with E-state index in [1.807, 2.05) is 24.3 Å². The summed E-state index contributed by atoms with van der Waals surface area (Å²) >= 11 is 6.77. The number of ketones is 1. The Morgan fingerprint density at radius 1 is 1.05 bits per heavy atom. The highest BCUT2D eigenvalue weighted by atomic mass is 79.9. The molecular weight excluding hydrogens is 412 g/mol. The number of hydrogen-bond acceptors (Lipinski definition) is 3. The van der Waals surface area contributed by atoms with E-state index in [4.69, 9.17) is 0 Å². The second-order valence-electron chi connectivity index (χ2n) is 4.99. The summed E-state index contributed by atoms with van der Waals surface area (Å²) < 4.78 is 1.69. The van der Waals surface area contributed by atoms with Gasteiger partial charge in [-0.2, -0.15) is 0 Å². The Labute approximate surface area is 142 Å². The van der Waals surface area contributed by atoms with E-state index in [9.17, 15) is 9.90 Å². The number of H-pyrrole nitrogens is 1. The van der Waals surface area contributed by atoms with Crippen LogP contribution in [-0.4, -0.2) is 21.6 Å². The minimum atomic E-state index is -0.188. The van der Waals surface area contributed by atoms with Gasteiger partial charge in [0, 0.05) is 19.8 Å². The van der Waals surface area contributed by atoms with Crippen molar-refractivity contribution in [3.63, 3.8) is 0 Å². The maximum absolute atomic E-state index is 12.6. The number of halogens is 2. The molecule has 0 radical (unpaired) electrons. The molecule has 0 aliphatic carbocycles. The van der Waals surface area contributed by atoms with Crippen molar-refractivity contribution in [1.82, 2.24) is 4.98 Å². The number of hydrogen-bond donors (Lipinski definition) is 2. The number of aromatic amines is 1. The summed E-state index contributed by atoms with van der Waals surface area (Å²) in [6.07, 6.45) is 0. The quantitative estimate of drug-likeness (QED) is 0.599. The van der Waals surface area contributed by atoms with Gasteiger partial charge in [-0.1, -0.05) is 31.9 Å². The highest BCUT2D eigenvalue weighted by Gasteiger charge is 2.30. The molecule has 3 aromatic rings. The molecule has 0 unspecified atom stereocenters. The summed E-state index contributed by atoms with van der Waals surface area (Å²) in [5.41, 5.74) is 2.60. The van der Waals surface area contributed by atoms with Crippen LogP contribution in [0.4, 0.5) is 5.69 Å². The molecule has 4 rings (SSSR count). The van der Waals surface area contributed by atoms with Gasteiger partial charge in [0.15, 0.2) is 5.88 Å². The number of nitrogens with one attached hydrogen (secondary N) is 1. The molecule has 2 N–H and O–H groups in total. The molecule has 6 heteroatoms. The highest BCUT2D eigenvalue weighted by molar-refractivity contribution is 9.10. The van der Waals surface area contributed by atoms with Gasteiger partial charge in [0.2, 0.25) is 5.78 Å². The zero-order chi connectivity index (χ0) is 15.4. The smallest absolute Gasteiger partial charge is 0.214 e. The van der Waals surface area contributed by atoms with Gasteiger partial charge >= 0.3 is 0 Å². The third-order valence-electron chi connectivity index (χ3n) is 3.63. The van der Waals surface area contributed by atoms with Crippen LogP contribution in [0, 0.1) is 0 Å². The van der Waals surface area contributed by atoms with Crippen molar-refractivity contribution in [3.05, 3.63) is 56.5 Å². The molecule has 0 spiro atoms. The molecule has 1 aliphatic rings. The van der Waals surface area contributed by atoms with E-state index in [-0.39, 0.29) is 17.4 Å². The van der Waals surface area contributed by atoms with Crippen molar-refractivity contribution in [2.75, 3.05) is 0 Å². The molecule has 2 aromatic carbocycles. The topological polar surface area (TPSA) is 65.4 Å². The number of nitrogens with zero attached hydrogens (tertiary/aromatic N) is 1. The standard InChI is InChI=1S/C16H8Br2N2O2/c17-7-1-3-11-9(5-7)13(16(22)20-11)14-15(21)10-6-8(18)2-4-12(10)19-14/h1-6,20,22H. The van der Waals surface area contributed by atoms with Crippen molar-refractivity contribution in [1.29, 1.82) is 0 Å². The molecule has 0 saturated heterocycles. The number of fused-ring (bicyclic) bond motifs is 2. The van der Waals surface area contributed by atoms with E-state index in [0.29, 0.717) is 16.8 Å². The van der Waals surface area contributed by atoms with Crippen LogP contribution < -0.4 is 0 Å². The van der Waals surface area contributed by atoms with Gasteiger partial charge in [0.1, 0.15) is 5.71 Å². The highest BCUT2D eigenvalue weighted by Crippen LogP contribution is 2.36. The number of Topliss-reactive ketones (excluding diaryl/α,β-unsaturated/α-hetero) is 1. The summed E-state index contributed by atoms with van der Waals surface area (Å²) in [4.78, 5) is 19.9. The number of aromatic hydroxyl groups is 1. The Balaban J connectivity index is 1.96. The van der Waals surface area contributed by atoms with Crippen LogP contribution in [-0.2, 0) is 0 Å². The van der Waals surface area contributed by atoms with Gasteiger partial charge in [-0.25, -0.2) is 4.99 Å². The minimum Gasteiger partial charge on any atom is -0.494 e. The van der Waals surface area contributed by atoms with Gasteiger partial charge in [-0.15, -0.1) is 0 Å². The zero-order valence-corrected chi connectivity index (χ0v) is 14.2. The summed E-state index contributed by atoms with van der Waals surface area (Å²) in [5.74, 6) is -0.237. The number of aliphatic imine (C=N–C) groups is 1. The second-order valence-corrected chi connectivity index (χ2v) is 6.82. The van der Waals surface area contributed by atoms with Crippen LogP contribution in [0.5, 0.6) is 5.88 Å². The van der Waals surface area contributed by atoms with Crippen LogP contribution in [0.3, 0.4) is 0 Å². The molecule has 108 valence electrons. The largest absolute Gasteiger partial charge is 0.494 e. The molecule has 0 amide bonds. The summed E-state index contributed by atoms with van der Waals surface area (Å²) in [6.45, 7) is 0. The first-order chi connectivity index (χ1) is 10.5. The molecule has 22 heavy (non-hydrogen) atoms. The predicted octanol–water partition coefficient (Wildman–Crippen LogP) is 4.72. The molecule has 0 atom stereocenters. The monoisotopic (exact) mass is 418 g/mol. The fourth-order valence-corrected chi connectivity index (χ4v) is 3.37. The molecule has 0 bridgehead atoms. The van der Waals surface area contributed by atoms with Crippen molar-refractivity contribution in [2.45, 2.75) is 0 Å². The lowest BCUT2D eigenvalue weighted by Gasteiger charge is -1.99. The fourth-order valence-electron chi connectivity index (χ4n) is 2.65. The fraction of sp³-hybridized carbons (Fsp3) is 0. The number of carbonyl (C=O) groups excluding carboxylic acids is 1. The number of benzene rings is 2. The number of aromatic nitrogens is 1. The van der Waals surface area contributed by atoms with Gasteiger partial charge < -0.3 is 10.1 Å². The van der Waals surface area contributed by atoms with Gasteiger partial charge in [-0.3, -0.25) is 4.79 Å². The molecule has 2 heterocycles. The van der Waals surface area contributed by atoms with E-state index in [0.717, 1.165) is 19.8 Å². The van der Waals surface area contributed by atoms with Crippen molar-refractivity contribution < 1.29 is 9.90 Å². The molecule has 1 aromatic heterocycles. The van der Waals surface area contributed by atoms with Crippen LogP contribution >= 0.6 is 31.9 Å². The summed E-state index contributed by atoms with van der Waals surface area (Å²) in [7, 11) is 0. The lowest BCUT2D eigenvalue weighted by Crippen LogP contribution is -2.10. The van der Waals surface area contributed by atoms with E-state index in [1.165, 1.54) is 0 Å². The summed E-state index contributed by atoms with van der Waals surface area (Å²) in [6, 6.07) is 10.9. The average Bonchev–Trinajstić information content (AvgIpc) is 2.96. The third kappa shape index (κ3) is 1.94. The van der Waals surface area contributed by atoms with Crippen molar-refractivity contribution in [3.8, 4) is 5.88 Å². The van der Waals surface area contributed by atoms with Crippen LogP contribution in [0.1, 0.15) is 15.9 Å². The van der Waals surface area contributed by atoms with E-state index >= 15 is 0 Å². The van der Waals surface area contributed by atoms with Gasteiger partial charge in [0.05, 0.1) is 16.8 Å². The predicted molar refractivity (Wildman–Crippen MR) is 92.3 cm³/mol. The number of rotatable bonds is 1. The van der Waals surface area contributed by atoms with Crippen molar-refractivity contribution in [2.24, 2.45) is 4.99 Å². The third-order valence-corrected chi connectivity index (χ3v) is 4.61. The lowest BCUT2D eigenvalue weighted by atomic mass is 10.0. The van der Waals surface area contributed by atoms with Gasteiger partial charge in [0.25, 0.3) is 0 Å². The molecule has 0 saturated carbocycles. The summed E-state index contributed by atoms with van der Waals surface area (Å²) in [5, 5.41) is 11.0. The van der Waals surface area contributed by atoms with E-state index in [2.05, 4.69) is 41.8 Å². The Morgan fingerprint density at radius 2 is 1.77 bits per heavy atom. The first-order valence-corrected chi connectivity index (χ1v) is 8.06. The zero-order valence-electron chi connectivity index (χ0n) is 11.0. The van der Waals surface area contributed by atoms with E-state index in [1.54, 1.807) is 12.1 Å². The Kier molecular flexibility index (Phi) is 2.99. The average molecular weight is 420 g/mol. The number of carbonyl (C=O) groups is 1. The van der Waals surface area contributed by atoms with Crippen LogP contribution in [0.25, 0.3) is 10.9 Å². The van der Waals surface area contributed by atoms with Crippen molar-refractivity contribution >= 4 is 59.9 Å². The molecule has 4 nitrogen and oxygen atoms in total. The molecular formula is C16H8Br2N2O2. The minimum absolute atomic E-state index is 0.0490. The normalized spacial score (nSPS) is 13.5. The maximum Gasteiger partial charge on any atom is 0.214 e. The first-order valence-electron chi connectivity index (χ1n) is 6.48. The SMILES string of the molecule is O=C1C(c2c(O)[nH]c3ccc(Br)cc23)=Nc2ccc(Br)cc21. The Morgan fingerprint density at radius 3 is 2.59 bits per heavy atom. The first kappa shape index (κ1) is 13.7. The van der Waals surface area contributed by atoms with Crippen LogP contribution in [0.15, 0.2) is 50.3 Å². The second kappa shape index (κ2) is 4.79. The molecule has 0 fully saturated rings. The van der Waals surface area contributed by atoms with Gasteiger partial charge in [-0.05, 0) is 36.4 Å². The van der Waals surface area contributed by atoms with Crippen LogP contribution in [0.2, 0.25) is 0 Å². The Hall–Kier alpha value is -1.92. The molecule has 1 aliphatic heterocycles. The van der Waals surface area contributed by atoms with E-state index < -0.39 is 0 Å². The lowest BCUT2D eigenvalue weighted by molar-refractivity contribution is 0.107.